The number of hydrogen-bond acceptors (Lipinski definition) is 3. The quantitative estimate of drug-likeness (QED) is 0.322. The number of carbonyl (C=O) groups is 3. The molecule has 0 aromatic heterocycles. The Kier molecular flexibility index (Phi) is 9.91. The van der Waals surface area contributed by atoms with Gasteiger partial charge in [-0.1, -0.05) is 80.1 Å². The third-order valence-corrected chi connectivity index (χ3v) is 10.6. The Morgan fingerprint density at radius 3 is 1.51 bits per heavy atom. The molecule has 3 aliphatic rings. The highest BCUT2D eigenvalue weighted by Crippen LogP contribution is 2.50. The fraction of sp³-hybridized carbons (Fsp3) is 0.743. The summed E-state index contributed by atoms with van der Waals surface area (Å²) in [7, 11) is 0. The molecule has 0 heterocycles. The second kappa shape index (κ2) is 12.9. The van der Waals surface area contributed by atoms with Crippen LogP contribution in [0.15, 0.2) is 18.2 Å². The van der Waals surface area contributed by atoms with E-state index in [1.54, 1.807) is 0 Å². The summed E-state index contributed by atoms with van der Waals surface area (Å²) in [6.07, 6.45) is 14.1. The molecule has 228 valence electrons. The van der Waals surface area contributed by atoms with Crippen LogP contribution in [0.25, 0.3) is 0 Å². The maximum absolute atomic E-state index is 13.9. The molecule has 1 aromatic carbocycles. The lowest BCUT2D eigenvalue weighted by atomic mass is 9.59. The molecule has 6 heteroatoms. The molecule has 0 bridgehead atoms. The smallest absolute Gasteiger partial charge is 0.231 e. The Hall–Kier alpha value is -2.37. The lowest BCUT2D eigenvalue weighted by Gasteiger charge is -2.46. The molecule has 0 unspecified atom stereocenters. The molecule has 0 aliphatic heterocycles. The molecule has 3 aliphatic carbocycles. The maximum Gasteiger partial charge on any atom is 0.231 e. The van der Waals surface area contributed by atoms with E-state index in [2.05, 4.69) is 57.5 Å². The Morgan fingerprint density at radius 1 is 0.610 bits per heavy atom. The van der Waals surface area contributed by atoms with E-state index in [0.29, 0.717) is 23.0 Å². The first-order valence-corrected chi connectivity index (χ1v) is 16.4. The first-order valence-electron chi connectivity index (χ1n) is 16.4. The van der Waals surface area contributed by atoms with E-state index in [-0.39, 0.29) is 40.4 Å². The van der Waals surface area contributed by atoms with E-state index >= 15 is 0 Å². The zero-order chi connectivity index (χ0) is 29.8. The molecule has 0 saturated heterocycles. The van der Waals surface area contributed by atoms with Crippen LogP contribution in [0.3, 0.4) is 0 Å². The van der Waals surface area contributed by atoms with E-state index in [1.165, 1.54) is 12.8 Å². The van der Waals surface area contributed by atoms with Crippen LogP contribution in [0.4, 0.5) is 17.1 Å². The van der Waals surface area contributed by atoms with Crippen molar-refractivity contribution in [3.63, 3.8) is 0 Å². The Balaban J connectivity index is 1.54. The summed E-state index contributed by atoms with van der Waals surface area (Å²) in [5.41, 5.74) is 1.52. The van der Waals surface area contributed by atoms with Gasteiger partial charge in [0.2, 0.25) is 17.7 Å². The first-order chi connectivity index (χ1) is 19.3. The van der Waals surface area contributed by atoms with Crippen molar-refractivity contribution in [3.8, 4) is 0 Å². The molecule has 3 saturated carbocycles. The topological polar surface area (TPSA) is 87.3 Å². The van der Waals surface area contributed by atoms with Gasteiger partial charge in [0, 0.05) is 28.9 Å². The highest BCUT2D eigenvalue weighted by molar-refractivity contribution is 6.00. The second-order valence-corrected chi connectivity index (χ2v) is 15.4. The highest BCUT2D eigenvalue weighted by Gasteiger charge is 2.48. The standard InChI is InChI=1S/C35H55N3O3/c1-33(2,3)26-17-15-25(16-18-26)31(40)37-28-21-27(36-30(39)24-13-9-7-10-14-24)22-29(23-28)38-32(41)35(34(4,5)6)19-11-8-12-20-35/h21-26H,7-20H2,1-6H3,(H,36,39)(H,37,40)(H,38,41). The number of hydrogen-bond donors (Lipinski definition) is 3. The summed E-state index contributed by atoms with van der Waals surface area (Å²) in [4.78, 5) is 40.4. The molecule has 4 rings (SSSR count). The van der Waals surface area contributed by atoms with Gasteiger partial charge in [-0.15, -0.1) is 0 Å². The minimum atomic E-state index is -0.443. The van der Waals surface area contributed by atoms with E-state index < -0.39 is 5.41 Å². The number of amides is 3. The molecule has 41 heavy (non-hydrogen) atoms. The van der Waals surface area contributed by atoms with Crippen LogP contribution in [0, 0.1) is 34.0 Å². The molecular formula is C35H55N3O3. The van der Waals surface area contributed by atoms with Crippen LogP contribution in [-0.4, -0.2) is 17.7 Å². The van der Waals surface area contributed by atoms with E-state index in [9.17, 15) is 14.4 Å². The van der Waals surface area contributed by atoms with Crippen LogP contribution in [0.2, 0.25) is 0 Å². The molecule has 0 atom stereocenters. The summed E-state index contributed by atoms with van der Waals surface area (Å²) in [6, 6.07) is 5.54. The maximum atomic E-state index is 13.9. The monoisotopic (exact) mass is 565 g/mol. The van der Waals surface area contributed by atoms with Gasteiger partial charge in [-0.05, 0) is 86.3 Å². The van der Waals surface area contributed by atoms with Crippen LogP contribution in [-0.2, 0) is 14.4 Å². The van der Waals surface area contributed by atoms with Crippen molar-refractivity contribution in [1.29, 1.82) is 0 Å². The molecule has 0 spiro atoms. The highest BCUT2D eigenvalue weighted by atomic mass is 16.2. The van der Waals surface area contributed by atoms with Gasteiger partial charge in [-0.25, -0.2) is 0 Å². The summed E-state index contributed by atoms with van der Waals surface area (Å²) in [5, 5.41) is 9.49. The number of benzene rings is 1. The van der Waals surface area contributed by atoms with Crippen molar-refractivity contribution in [1.82, 2.24) is 0 Å². The van der Waals surface area contributed by atoms with E-state index in [0.717, 1.165) is 77.0 Å². The number of rotatable bonds is 6. The molecule has 6 nitrogen and oxygen atoms in total. The van der Waals surface area contributed by atoms with Crippen molar-refractivity contribution in [2.24, 2.45) is 34.0 Å². The summed E-state index contributed by atoms with van der Waals surface area (Å²) in [6.45, 7) is 13.4. The molecular weight excluding hydrogens is 510 g/mol. The minimum absolute atomic E-state index is 0.0153. The van der Waals surface area contributed by atoms with Crippen molar-refractivity contribution in [2.75, 3.05) is 16.0 Å². The van der Waals surface area contributed by atoms with Crippen LogP contribution < -0.4 is 16.0 Å². The predicted octanol–water partition coefficient (Wildman–Crippen LogP) is 8.93. The Bertz CT molecular complexity index is 1080. The summed E-state index contributed by atoms with van der Waals surface area (Å²) in [5.74, 6) is 0.746. The summed E-state index contributed by atoms with van der Waals surface area (Å²) >= 11 is 0. The van der Waals surface area contributed by atoms with E-state index in [1.807, 2.05) is 18.2 Å². The van der Waals surface area contributed by atoms with Crippen molar-refractivity contribution in [2.45, 2.75) is 131 Å². The average Bonchev–Trinajstić information content (AvgIpc) is 2.92. The number of anilines is 3. The lowest BCUT2D eigenvalue weighted by Crippen LogP contribution is -2.47. The summed E-state index contributed by atoms with van der Waals surface area (Å²) < 4.78 is 0. The third kappa shape index (κ3) is 7.73. The molecule has 0 radical (unpaired) electrons. The van der Waals surface area contributed by atoms with Gasteiger partial charge in [-0.3, -0.25) is 14.4 Å². The average molecular weight is 566 g/mol. The SMILES string of the molecule is CC(C)(C)C1CCC(C(=O)Nc2cc(NC(=O)C3CCCCC3)cc(NC(=O)C3(C(C)(C)C)CCCCC3)c2)CC1. The fourth-order valence-corrected chi connectivity index (χ4v) is 7.64. The van der Waals surface area contributed by atoms with Gasteiger partial charge in [0.05, 0.1) is 5.41 Å². The fourth-order valence-electron chi connectivity index (χ4n) is 7.64. The predicted molar refractivity (Wildman–Crippen MR) is 169 cm³/mol. The minimum Gasteiger partial charge on any atom is -0.326 e. The zero-order valence-electron chi connectivity index (χ0n) is 26.6. The Labute approximate surface area is 248 Å². The van der Waals surface area contributed by atoms with Gasteiger partial charge >= 0.3 is 0 Å². The third-order valence-electron chi connectivity index (χ3n) is 10.6. The molecule has 3 N–H and O–H groups in total. The number of carbonyl (C=O) groups excluding carboxylic acids is 3. The molecule has 1 aromatic rings. The molecule has 3 amide bonds. The van der Waals surface area contributed by atoms with Gasteiger partial charge < -0.3 is 16.0 Å². The normalized spacial score (nSPS) is 23.9. The van der Waals surface area contributed by atoms with Gasteiger partial charge in [-0.2, -0.15) is 0 Å². The first kappa shape index (κ1) is 31.6. The van der Waals surface area contributed by atoms with Gasteiger partial charge in [0.25, 0.3) is 0 Å². The van der Waals surface area contributed by atoms with Crippen molar-refractivity contribution >= 4 is 34.8 Å². The largest absolute Gasteiger partial charge is 0.326 e. The number of nitrogens with one attached hydrogen (secondary N) is 3. The second-order valence-electron chi connectivity index (χ2n) is 15.4. The van der Waals surface area contributed by atoms with E-state index in [4.69, 9.17) is 0 Å². The van der Waals surface area contributed by atoms with Crippen LogP contribution in [0.1, 0.15) is 131 Å². The van der Waals surface area contributed by atoms with Crippen molar-refractivity contribution in [3.05, 3.63) is 18.2 Å². The molecule has 3 fully saturated rings. The van der Waals surface area contributed by atoms with Crippen molar-refractivity contribution < 1.29 is 14.4 Å². The van der Waals surface area contributed by atoms with Gasteiger partial charge in [0.1, 0.15) is 0 Å². The van der Waals surface area contributed by atoms with Crippen LogP contribution >= 0.6 is 0 Å². The zero-order valence-corrected chi connectivity index (χ0v) is 26.6. The van der Waals surface area contributed by atoms with Gasteiger partial charge in [0.15, 0.2) is 0 Å². The Morgan fingerprint density at radius 2 is 1.05 bits per heavy atom. The lowest BCUT2D eigenvalue weighted by molar-refractivity contribution is -0.135. The van der Waals surface area contributed by atoms with Crippen LogP contribution in [0.5, 0.6) is 0 Å².